The van der Waals surface area contributed by atoms with Crippen LogP contribution in [-0.4, -0.2) is 28.5 Å². The molecule has 1 amide bonds. The van der Waals surface area contributed by atoms with E-state index in [-0.39, 0.29) is 18.1 Å². The van der Waals surface area contributed by atoms with E-state index in [4.69, 9.17) is 11.6 Å². The number of aliphatic hydroxyl groups is 1. The van der Waals surface area contributed by atoms with Crippen LogP contribution in [0.1, 0.15) is 32.6 Å². The molecule has 0 heterocycles. The lowest BCUT2D eigenvalue weighted by atomic mass is 9.93. The van der Waals surface area contributed by atoms with Gasteiger partial charge in [-0.15, -0.1) is 11.6 Å². The number of hydrogen-bond acceptors (Lipinski definition) is 2. The third-order valence-corrected chi connectivity index (χ3v) is 2.60. The summed E-state index contributed by atoms with van der Waals surface area (Å²) in [5.41, 5.74) is 0. The minimum absolute atomic E-state index is 0.108. The summed E-state index contributed by atoms with van der Waals surface area (Å²) in [5, 5.41) is 11.6. The van der Waals surface area contributed by atoms with Gasteiger partial charge in [0.05, 0.1) is 6.10 Å². The molecular weight excluding hydrogens is 190 g/mol. The molecule has 13 heavy (non-hydrogen) atoms. The first-order valence-corrected chi connectivity index (χ1v) is 5.15. The van der Waals surface area contributed by atoms with Crippen molar-refractivity contribution in [2.45, 2.75) is 50.1 Å². The monoisotopic (exact) mass is 205 g/mol. The third-order valence-electron chi connectivity index (χ3n) is 2.40. The Morgan fingerprint density at radius 3 is 2.46 bits per heavy atom. The van der Waals surface area contributed by atoms with E-state index in [0.717, 1.165) is 25.7 Å². The molecule has 0 bridgehead atoms. The van der Waals surface area contributed by atoms with Crippen molar-refractivity contribution < 1.29 is 9.90 Å². The fraction of sp³-hybridized carbons (Fsp3) is 0.889. The maximum atomic E-state index is 11.2. The van der Waals surface area contributed by atoms with Gasteiger partial charge in [0.25, 0.3) is 0 Å². The highest BCUT2D eigenvalue weighted by Crippen LogP contribution is 2.18. The Hall–Kier alpha value is -0.280. The molecule has 1 aliphatic carbocycles. The van der Waals surface area contributed by atoms with Crippen LogP contribution in [0.2, 0.25) is 0 Å². The first-order valence-electron chi connectivity index (χ1n) is 4.72. The maximum absolute atomic E-state index is 11.2. The van der Waals surface area contributed by atoms with Gasteiger partial charge in [0.2, 0.25) is 5.91 Å². The van der Waals surface area contributed by atoms with Crippen molar-refractivity contribution >= 4 is 17.5 Å². The average molecular weight is 206 g/mol. The van der Waals surface area contributed by atoms with Gasteiger partial charge in [-0.25, -0.2) is 0 Å². The van der Waals surface area contributed by atoms with E-state index < -0.39 is 5.38 Å². The van der Waals surface area contributed by atoms with Crippen LogP contribution in [0.5, 0.6) is 0 Å². The molecule has 0 aliphatic heterocycles. The summed E-state index contributed by atoms with van der Waals surface area (Å²) < 4.78 is 0. The van der Waals surface area contributed by atoms with Gasteiger partial charge in [-0.05, 0) is 32.6 Å². The van der Waals surface area contributed by atoms with Crippen LogP contribution in [0.15, 0.2) is 0 Å². The predicted molar refractivity (Wildman–Crippen MR) is 51.7 cm³/mol. The van der Waals surface area contributed by atoms with Gasteiger partial charge in [0.15, 0.2) is 0 Å². The van der Waals surface area contributed by atoms with E-state index in [0.29, 0.717) is 0 Å². The highest BCUT2D eigenvalue weighted by molar-refractivity contribution is 6.30. The molecule has 3 nitrogen and oxygen atoms in total. The molecule has 1 atom stereocenters. The Morgan fingerprint density at radius 1 is 1.46 bits per heavy atom. The lowest BCUT2D eigenvalue weighted by Gasteiger charge is -2.26. The molecule has 1 aliphatic rings. The Bertz CT molecular complexity index is 176. The zero-order chi connectivity index (χ0) is 9.84. The Kier molecular flexibility index (Phi) is 4.00. The van der Waals surface area contributed by atoms with Gasteiger partial charge in [0.1, 0.15) is 5.38 Å². The second-order valence-electron chi connectivity index (χ2n) is 3.63. The summed E-state index contributed by atoms with van der Waals surface area (Å²) in [6.07, 6.45) is 3.09. The van der Waals surface area contributed by atoms with E-state index in [1.165, 1.54) is 0 Å². The second-order valence-corrected chi connectivity index (χ2v) is 4.28. The molecule has 76 valence electrons. The number of hydrogen-bond donors (Lipinski definition) is 2. The van der Waals surface area contributed by atoms with Crippen molar-refractivity contribution in [1.29, 1.82) is 0 Å². The van der Waals surface area contributed by atoms with Crippen molar-refractivity contribution in [2.75, 3.05) is 0 Å². The molecule has 0 radical (unpaired) electrons. The van der Waals surface area contributed by atoms with Crippen LogP contribution in [0.25, 0.3) is 0 Å². The Balaban J connectivity index is 2.26. The number of carbonyl (C=O) groups excluding carboxylic acids is 1. The molecule has 4 heteroatoms. The molecule has 1 rings (SSSR count). The van der Waals surface area contributed by atoms with Crippen LogP contribution >= 0.6 is 11.6 Å². The van der Waals surface area contributed by atoms with Crippen molar-refractivity contribution in [1.82, 2.24) is 5.32 Å². The summed E-state index contributed by atoms with van der Waals surface area (Å²) in [6, 6.07) is 0.206. The summed E-state index contributed by atoms with van der Waals surface area (Å²) in [6.45, 7) is 1.66. The molecule has 0 aromatic rings. The molecule has 0 aromatic heterocycles. The first-order chi connectivity index (χ1) is 6.09. The number of carbonyl (C=O) groups is 1. The van der Waals surface area contributed by atoms with Crippen molar-refractivity contribution in [3.05, 3.63) is 0 Å². The number of alkyl halides is 1. The van der Waals surface area contributed by atoms with Gasteiger partial charge >= 0.3 is 0 Å². The molecule has 1 fully saturated rings. The molecule has 0 spiro atoms. The number of aliphatic hydroxyl groups excluding tert-OH is 1. The van der Waals surface area contributed by atoms with Gasteiger partial charge in [0, 0.05) is 6.04 Å². The van der Waals surface area contributed by atoms with Crippen molar-refractivity contribution in [3.63, 3.8) is 0 Å². The number of nitrogens with one attached hydrogen (secondary N) is 1. The van der Waals surface area contributed by atoms with E-state index in [9.17, 15) is 9.90 Å². The summed E-state index contributed by atoms with van der Waals surface area (Å²) >= 11 is 5.61. The SMILES string of the molecule is CC(Cl)C(=O)NC1CCC(O)CC1. The fourth-order valence-corrected chi connectivity index (χ4v) is 1.60. The highest BCUT2D eigenvalue weighted by atomic mass is 35.5. The standard InChI is InChI=1S/C9H16ClNO2/c1-6(10)9(13)11-7-2-4-8(12)5-3-7/h6-8,12H,2-5H2,1H3,(H,11,13). The summed E-state index contributed by atoms with van der Waals surface area (Å²) in [4.78, 5) is 11.2. The van der Waals surface area contributed by atoms with Gasteiger partial charge < -0.3 is 10.4 Å². The highest BCUT2D eigenvalue weighted by Gasteiger charge is 2.21. The lowest BCUT2D eigenvalue weighted by Crippen LogP contribution is -2.41. The molecule has 0 aromatic carbocycles. The number of amides is 1. The van der Waals surface area contributed by atoms with Gasteiger partial charge in [-0.2, -0.15) is 0 Å². The van der Waals surface area contributed by atoms with E-state index >= 15 is 0 Å². The quantitative estimate of drug-likeness (QED) is 0.662. The largest absolute Gasteiger partial charge is 0.393 e. The Morgan fingerprint density at radius 2 is 2.00 bits per heavy atom. The van der Waals surface area contributed by atoms with Gasteiger partial charge in [-0.3, -0.25) is 4.79 Å². The molecule has 2 N–H and O–H groups in total. The van der Waals surface area contributed by atoms with Crippen LogP contribution in [0.4, 0.5) is 0 Å². The molecule has 1 unspecified atom stereocenters. The molecule has 1 saturated carbocycles. The minimum Gasteiger partial charge on any atom is -0.393 e. The van der Waals surface area contributed by atoms with Gasteiger partial charge in [-0.1, -0.05) is 0 Å². The average Bonchev–Trinajstić information content (AvgIpc) is 2.08. The lowest BCUT2D eigenvalue weighted by molar-refractivity contribution is -0.121. The summed E-state index contributed by atoms with van der Waals surface area (Å²) in [7, 11) is 0. The summed E-state index contributed by atoms with van der Waals surface area (Å²) in [5.74, 6) is -0.108. The van der Waals surface area contributed by atoms with Crippen molar-refractivity contribution in [2.24, 2.45) is 0 Å². The smallest absolute Gasteiger partial charge is 0.237 e. The van der Waals surface area contributed by atoms with E-state index in [1.54, 1.807) is 6.92 Å². The van der Waals surface area contributed by atoms with E-state index in [2.05, 4.69) is 5.32 Å². The fourth-order valence-electron chi connectivity index (χ4n) is 1.54. The van der Waals surface area contributed by atoms with Crippen LogP contribution in [0, 0.1) is 0 Å². The number of rotatable bonds is 2. The van der Waals surface area contributed by atoms with Crippen molar-refractivity contribution in [3.8, 4) is 0 Å². The maximum Gasteiger partial charge on any atom is 0.237 e. The Labute approximate surface area is 83.5 Å². The predicted octanol–water partition coefficient (Wildman–Crippen LogP) is 1.03. The van der Waals surface area contributed by atoms with E-state index in [1.807, 2.05) is 0 Å². The first kappa shape index (κ1) is 10.8. The third kappa shape index (κ3) is 3.53. The topological polar surface area (TPSA) is 49.3 Å². The second kappa shape index (κ2) is 4.82. The normalized spacial score (nSPS) is 31.0. The number of halogens is 1. The van der Waals surface area contributed by atoms with Crippen LogP contribution in [-0.2, 0) is 4.79 Å². The van der Waals surface area contributed by atoms with Crippen LogP contribution < -0.4 is 5.32 Å². The molecule has 0 saturated heterocycles. The minimum atomic E-state index is -0.466. The molecular formula is C9H16ClNO2. The van der Waals surface area contributed by atoms with Crippen LogP contribution in [0.3, 0.4) is 0 Å². The zero-order valence-corrected chi connectivity index (χ0v) is 8.55. The zero-order valence-electron chi connectivity index (χ0n) is 7.79.